The maximum absolute atomic E-state index is 13.0. The Balaban J connectivity index is 1.46. The number of aryl methyl sites for hydroxylation is 2. The molecule has 0 aliphatic heterocycles. The highest BCUT2D eigenvalue weighted by Crippen LogP contribution is 2.20. The zero-order chi connectivity index (χ0) is 28.5. The molecule has 0 heterocycles. The maximum atomic E-state index is 13.0. The van der Waals surface area contributed by atoms with Gasteiger partial charge in [-0.3, -0.25) is 20.2 Å². The molecule has 0 radical (unpaired) electrons. The molecule has 0 saturated heterocycles. The third-order valence-electron chi connectivity index (χ3n) is 6.38. The van der Waals surface area contributed by atoms with Crippen molar-refractivity contribution in [3.63, 3.8) is 0 Å². The van der Waals surface area contributed by atoms with E-state index in [1.165, 1.54) is 0 Å². The molecule has 202 valence electrons. The van der Waals surface area contributed by atoms with Crippen LogP contribution >= 0.6 is 24.4 Å². The molecule has 40 heavy (non-hydrogen) atoms. The lowest BCUT2D eigenvalue weighted by Gasteiger charge is -2.26. The molecule has 4 aromatic rings. The zero-order valence-corrected chi connectivity index (χ0v) is 23.9. The van der Waals surface area contributed by atoms with Crippen molar-refractivity contribution >= 4 is 57.8 Å². The second-order valence-corrected chi connectivity index (χ2v) is 10.0. The van der Waals surface area contributed by atoms with Crippen molar-refractivity contribution in [2.75, 3.05) is 16.8 Å². The van der Waals surface area contributed by atoms with Gasteiger partial charge < -0.3 is 10.2 Å². The normalized spacial score (nSPS) is 10.3. The van der Waals surface area contributed by atoms with Crippen LogP contribution in [0.15, 0.2) is 103 Å². The first kappa shape index (κ1) is 28.6. The van der Waals surface area contributed by atoms with E-state index in [2.05, 4.69) is 28.1 Å². The van der Waals surface area contributed by atoms with Crippen LogP contribution in [-0.2, 0) is 6.42 Å². The number of rotatable bonds is 7. The Kier molecular flexibility index (Phi) is 9.72. The van der Waals surface area contributed by atoms with Crippen molar-refractivity contribution in [1.82, 2.24) is 10.6 Å². The molecule has 0 bridgehead atoms. The highest BCUT2D eigenvalue weighted by molar-refractivity contribution is 7.80. The van der Waals surface area contributed by atoms with E-state index in [0.29, 0.717) is 28.5 Å². The van der Waals surface area contributed by atoms with Crippen LogP contribution in [0.1, 0.15) is 37.4 Å². The fraction of sp³-hybridized carbons (Fsp3) is 0.125. The van der Waals surface area contributed by atoms with Gasteiger partial charge in [-0.1, -0.05) is 66.7 Å². The standard InChI is InChI=1S/C32H30N4O2S2/c1-22-10-6-8-14-27(22)29(37)34-31(39)33-25-16-18-26(19-17-25)36(21-20-24-12-4-3-5-13-24)32(40)35-30(38)28-15-9-7-11-23(28)2/h3-19H,20-21H2,1-2H3,(H,35,38,40)(H2,33,34,37,39). The van der Waals surface area contributed by atoms with Gasteiger partial charge in [0.05, 0.1) is 0 Å². The molecular weight excluding hydrogens is 537 g/mol. The van der Waals surface area contributed by atoms with Gasteiger partial charge in [-0.05, 0) is 97.8 Å². The monoisotopic (exact) mass is 566 g/mol. The Labute approximate surface area is 245 Å². The fourth-order valence-electron chi connectivity index (χ4n) is 4.18. The number of nitrogens with zero attached hydrogens (tertiary/aromatic N) is 1. The molecule has 0 spiro atoms. The second kappa shape index (κ2) is 13.6. The van der Waals surface area contributed by atoms with Crippen molar-refractivity contribution in [3.8, 4) is 0 Å². The van der Waals surface area contributed by atoms with E-state index in [-0.39, 0.29) is 16.9 Å². The largest absolute Gasteiger partial charge is 0.332 e. The first-order chi connectivity index (χ1) is 19.3. The van der Waals surface area contributed by atoms with Gasteiger partial charge in [0, 0.05) is 29.0 Å². The van der Waals surface area contributed by atoms with Crippen LogP contribution in [0.5, 0.6) is 0 Å². The van der Waals surface area contributed by atoms with Crippen LogP contribution in [0.2, 0.25) is 0 Å². The van der Waals surface area contributed by atoms with Crippen molar-refractivity contribution in [3.05, 3.63) is 131 Å². The van der Waals surface area contributed by atoms with Gasteiger partial charge >= 0.3 is 0 Å². The summed E-state index contributed by atoms with van der Waals surface area (Å²) in [5, 5.41) is 9.18. The molecule has 8 heteroatoms. The lowest BCUT2D eigenvalue weighted by Crippen LogP contribution is -2.44. The Morgan fingerprint density at radius 2 is 1.20 bits per heavy atom. The third kappa shape index (κ3) is 7.59. The average Bonchev–Trinajstić information content (AvgIpc) is 2.95. The Morgan fingerprint density at radius 1 is 0.675 bits per heavy atom. The van der Waals surface area contributed by atoms with E-state index < -0.39 is 0 Å². The van der Waals surface area contributed by atoms with Gasteiger partial charge in [0.15, 0.2) is 10.2 Å². The molecule has 6 nitrogen and oxygen atoms in total. The Morgan fingerprint density at radius 3 is 1.77 bits per heavy atom. The van der Waals surface area contributed by atoms with E-state index >= 15 is 0 Å². The second-order valence-electron chi connectivity index (χ2n) is 9.23. The van der Waals surface area contributed by atoms with Gasteiger partial charge in [-0.15, -0.1) is 0 Å². The minimum Gasteiger partial charge on any atom is -0.332 e. The summed E-state index contributed by atoms with van der Waals surface area (Å²) in [5.74, 6) is -0.519. The number of amides is 2. The molecule has 0 atom stereocenters. The molecule has 0 aliphatic carbocycles. The molecule has 3 N–H and O–H groups in total. The molecule has 2 amide bonds. The summed E-state index contributed by atoms with van der Waals surface area (Å²) in [6.07, 6.45) is 0.732. The van der Waals surface area contributed by atoms with Gasteiger partial charge in [-0.2, -0.15) is 0 Å². The minimum atomic E-state index is -0.269. The number of benzene rings is 4. The topological polar surface area (TPSA) is 73.5 Å². The zero-order valence-electron chi connectivity index (χ0n) is 22.3. The van der Waals surface area contributed by atoms with Crippen molar-refractivity contribution < 1.29 is 9.59 Å². The van der Waals surface area contributed by atoms with Crippen LogP contribution < -0.4 is 20.9 Å². The fourth-order valence-corrected chi connectivity index (χ4v) is 4.68. The van der Waals surface area contributed by atoms with Crippen molar-refractivity contribution in [2.24, 2.45) is 0 Å². The molecule has 4 aromatic carbocycles. The van der Waals surface area contributed by atoms with E-state index in [0.717, 1.165) is 28.8 Å². The van der Waals surface area contributed by atoms with Crippen LogP contribution in [0.25, 0.3) is 0 Å². The minimum absolute atomic E-state index is 0.197. The van der Waals surface area contributed by atoms with E-state index in [1.807, 2.05) is 97.6 Å². The van der Waals surface area contributed by atoms with E-state index in [9.17, 15) is 9.59 Å². The Bertz CT molecular complexity index is 1520. The maximum Gasteiger partial charge on any atom is 0.257 e. The number of carbonyl (C=O) groups is 2. The first-order valence-electron chi connectivity index (χ1n) is 12.8. The van der Waals surface area contributed by atoms with Crippen LogP contribution in [0.4, 0.5) is 11.4 Å². The molecular formula is C32H30N4O2S2. The molecule has 4 rings (SSSR count). The summed E-state index contributed by atoms with van der Waals surface area (Å²) < 4.78 is 0. The number of anilines is 2. The number of thiocarbonyl (C=S) groups is 2. The van der Waals surface area contributed by atoms with Crippen molar-refractivity contribution in [2.45, 2.75) is 20.3 Å². The van der Waals surface area contributed by atoms with Gasteiger partial charge in [0.25, 0.3) is 11.8 Å². The quantitative estimate of drug-likeness (QED) is 0.232. The SMILES string of the molecule is Cc1ccccc1C(=O)NC(=S)Nc1ccc(N(CCc2ccccc2)C(=S)NC(=O)c2ccccc2C)cc1. The predicted octanol–water partition coefficient (Wildman–Crippen LogP) is 6.19. The van der Waals surface area contributed by atoms with Crippen LogP contribution in [-0.4, -0.2) is 28.6 Å². The van der Waals surface area contributed by atoms with Gasteiger partial charge in [0.1, 0.15) is 0 Å². The summed E-state index contributed by atoms with van der Waals surface area (Å²) in [5.41, 5.74) is 5.57. The highest BCUT2D eigenvalue weighted by atomic mass is 32.1. The summed E-state index contributed by atoms with van der Waals surface area (Å²) >= 11 is 11.1. The van der Waals surface area contributed by atoms with Crippen molar-refractivity contribution in [1.29, 1.82) is 0 Å². The van der Waals surface area contributed by atoms with Gasteiger partial charge in [-0.25, -0.2) is 0 Å². The highest BCUT2D eigenvalue weighted by Gasteiger charge is 2.17. The van der Waals surface area contributed by atoms with Gasteiger partial charge in [0.2, 0.25) is 0 Å². The van der Waals surface area contributed by atoms with Crippen LogP contribution in [0.3, 0.4) is 0 Å². The third-order valence-corrected chi connectivity index (χ3v) is 6.90. The smallest absolute Gasteiger partial charge is 0.257 e. The van der Waals surface area contributed by atoms with E-state index in [1.54, 1.807) is 12.1 Å². The number of carbonyl (C=O) groups excluding carboxylic acids is 2. The van der Waals surface area contributed by atoms with Crippen LogP contribution in [0, 0.1) is 13.8 Å². The Hall–Kier alpha value is -4.40. The summed E-state index contributed by atoms with van der Waals surface area (Å²) in [4.78, 5) is 27.5. The van der Waals surface area contributed by atoms with E-state index in [4.69, 9.17) is 24.4 Å². The molecule has 0 aliphatic rings. The lowest BCUT2D eigenvalue weighted by molar-refractivity contribution is 0.0968. The summed E-state index contributed by atoms with van der Waals surface area (Å²) in [6.45, 7) is 4.33. The predicted molar refractivity (Wildman–Crippen MR) is 170 cm³/mol. The summed E-state index contributed by atoms with van der Waals surface area (Å²) in [6, 6.07) is 32.3. The molecule has 0 unspecified atom stereocenters. The summed E-state index contributed by atoms with van der Waals surface area (Å²) in [7, 11) is 0. The molecule has 0 fully saturated rings. The lowest BCUT2D eigenvalue weighted by atomic mass is 10.1. The molecule has 0 saturated carbocycles. The number of hydrogen-bond donors (Lipinski definition) is 3. The number of nitrogens with one attached hydrogen (secondary N) is 3. The molecule has 0 aromatic heterocycles. The first-order valence-corrected chi connectivity index (χ1v) is 13.6. The number of hydrogen-bond acceptors (Lipinski definition) is 4. The average molecular weight is 567 g/mol.